The summed E-state index contributed by atoms with van der Waals surface area (Å²) in [7, 11) is 0. The van der Waals surface area contributed by atoms with Crippen molar-refractivity contribution in [1.29, 1.82) is 0 Å². The lowest BCUT2D eigenvalue weighted by Gasteiger charge is -2.08. The molecule has 0 bridgehead atoms. The largest absolute Gasteiger partial charge is 0.496 e. The van der Waals surface area contributed by atoms with Crippen LogP contribution in [0.3, 0.4) is 0 Å². The molecule has 1 aliphatic rings. The van der Waals surface area contributed by atoms with E-state index in [1.807, 2.05) is 18.2 Å². The molecule has 1 fully saturated rings. The Bertz CT molecular complexity index is 784. The summed E-state index contributed by atoms with van der Waals surface area (Å²) in [5.74, 6) is 2.40. The van der Waals surface area contributed by atoms with Crippen LogP contribution >= 0.6 is 35.4 Å². The summed E-state index contributed by atoms with van der Waals surface area (Å²) in [5, 5.41) is 4.43. The third kappa shape index (κ3) is 5.12. The molecule has 3 rings (SSSR count). The second-order valence-corrected chi connectivity index (χ2v) is 6.63. The maximum atomic E-state index is 6.03. The van der Waals surface area contributed by atoms with E-state index in [0.717, 1.165) is 42.3 Å². The van der Waals surface area contributed by atoms with Gasteiger partial charge < -0.3 is 14.5 Å². The van der Waals surface area contributed by atoms with Gasteiger partial charge in [0.15, 0.2) is 5.11 Å². The Morgan fingerprint density at radius 2 is 2.08 bits per heavy atom. The molecule has 1 aromatic carbocycles. The first-order chi connectivity index (χ1) is 12.1. The molecule has 132 valence electrons. The minimum atomic E-state index is 0.458. The van der Waals surface area contributed by atoms with E-state index in [4.69, 9.17) is 44.6 Å². The van der Waals surface area contributed by atoms with Crippen molar-refractivity contribution >= 4 is 40.5 Å². The molecule has 0 saturated carbocycles. The van der Waals surface area contributed by atoms with Gasteiger partial charge in [0, 0.05) is 18.2 Å². The number of hydrogen-bond donors (Lipinski definition) is 3. The highest BCUT2D eigenvalue weighted by atomic mass is 35.5. The fourth-order valence-electron chi connectivity index (χ4n) is 2.31. The zero-order chi connectivity index (χ0) is 17.6. The molecule has 1 aliphatic heterocycles. The van der Waals surface area contributed by atoms with Gasteiger partial charge in [-0.3, -0.25) is 5.43 Å². The van der Waals surface area contributed by atoms with Crippen molar-refractivity contribution in [3.8, 4) is 11.3 Å². The molecule has 1 saturated heterocycles. The second kappa shape index (κ2) is 8.58. The monoisotopic (exact) mass is 397 g/mol. The Morgan fingerprint density at radius 3 is 2.84 bits per heavy atom. The Kier molecular flexibility index (Phi) is 6.20. The normalized spacial score (nSPS) is 15.2. The van der Waals surface area contributed by atoms with Gasteiger partial charge in [-0.25, -0.2) is 5.43 Å². The van der Waals surface area contributed by atoms with E-state index in [2.05, 4.69) is 16.2 Å². The topological polar surface area (TPSA) is 58.5 Å². The summed E-state index contributed by atoms with van der Waals surface area (Å²) in [4.78, 5) is 0. The van der Waals surface area contributed by atoms with Gasteiger partial charge in [0.05, 0.1) is 23.2 Å². The molecule has 1 aromatic heterocycles. The predicted octanol–water partition coefficient (Wildman–Crippen LogP) is 4.37. The summed E-state index contributed by atoms with van der Waals surface area (Å²) < 4.78 is 11.2. The number of nitrogens with one attached hydrogen (secondary N) is 3. The Hall–Kier alpha value is -1.73. The van der Waals surface area contributed by atoms with E-state index in [1.165, 1.54) is 0 Å². The molecular formula is C17H17Cl2N3O2S. The molecule has 5 nitrogen and oxygen atoms in total. The number of halogens is 2. The van der Waals surface area contributed by atoms with Crippen LogP contribution in [0.2, 0.25) is 10.0 Å². The van der Waals surface area contributed by atoms with Gasteiger partial charge >= 0.3 is 0 Å². The second-order valence-electron chi connectivity index (χ2n) is 5.41. The maximum Gasteiger partial charge on any atom is 0.184 e. The Balaban J connectivity index is 1.47. The van der Waals surface area contributed by atoms with E-state index in [0.29, 0.717) is 21.7 Å². The van der Waals surface area contributed by atoms with Crippen molar-refractivity contribution in [2.75, 3.05) is 6.61 Å². The number of allylic oxidation sites excluding steroid dienone is 1. The van der Waals surface area contributed by atoms with Crippen LogP contribution in [0.4, 0.5) is 0 Å². The van der Waals surface area contributed by atoms with Crippen LogP contribution < -0.4 is 16.2 Å². The molecule has 0 aliphatic carbocycles. The first kappa shape index (κ1) is 18.1. The van der Waals surface area contributed by atoms with E-state index in [-0.39, 0.29) is 0 Å². The molecule has 0 amide bonds. The SMILES string of the molecule is S=C(NC=C1CCCO1)NNCc1ccc(-c2ccc(Cl)c(Cl)c2)o1. The number of benzene rings is 1. The number of hydrazine groups is 1. The van der Waals surface area contributed by atoms with Crippen LogP contribution in [0.25, 0.3) is 11.3 Å². The van der Waals surface area contributed by atoms with Gasteiger partial charge in [0.25, 0.3) is 0 Å². The fraction of sp³-hybridized carbons (Fsp3) is 0.235. The van der Waals surface area contributed by atoms with Crippen LogP contribution in [0.1, 0.15) is 18.6 Å². The summed E-state index contributed by atoms with van der Waals surface area (Å²) >= 11 is 17.1. The number of furan rings is 1. The van der Waals surface area contributed by atoms with Crippen LogP contribution in [0.5, 0.6) is 0 Å². The van der Waals surface area contributed by atoms with Crippen molar-refractivity contribution in [3.63, 3.8) is 0 Å². The van der Waals surface area contributed by atoms with Crippen molar-refractivity contribution in [1.82, 2.24) is 16.2 Å². The summed E-state index contributed by atoms with van der Waals surface area (Å²) in [6.07, 6.45) is 3.76. The molecular weight excluding hydrogens is 381 g/mol. The molecule has 0 spiro atoms. The summed E-state index contributed by atoms with van der Waals surface area (Å²) in [5.41, 5.74) is 6.76. The Labute approximate surface area is 161 Å². The Morgan fingerprint density at radius 1 is 1.20 bits per heavy atom. The third-order valence-corrected chi connectivity index (χ3v) is 4.51. The third-order valence-electron chi connectivity index (χ3n) is 3.55. The zero-order valence-corrected chi connectivity index (χ0v) is 15.6. The van der Waals surface area contributed by atoms with Gasteiger partial charge in [0.1, 0.15) is 17.3 Å². The molecule has 0 radical (unpaired) electrons. The van der Waals surface area contributed by atoms with E-state index >= 15 is 0 Å². The van der Waals surface area contributed by atoms with Crippen LogP contribution in [-0.2, 0) is 11.3 Å². The van der Waals surface area contributed by atoms with Gasteiger partial charge in [-0.05, 0) is 49.0 Å². The molecule has 2 aromatic rings. The number of ether oxygens (including phenoxy) is 1. The number of hydrogen-bond acceptors (Lipinski definition) is 4. The fourth-order valence-corrected chi connectivity index (χ4v) is 2.74. The zero-order valence-electron chi connectivity index (χ0n) is 13.3. The first-order valence-corrected chi connectivity index (χ1v) is 8.93. The first-order valence-electron chi connectivity index (χ1n) is 7.77. The van der Waals surface area contributed by atoms with Gasteiger partial charge in [0.2, 0.25) is 0 Å². The molecule has 0 unspecified atom stereocenters. The van der Waals surface area contributed by atoms with E-state index in [1.54, 1.807) is 18.3 Å². The predicted molar refractivity (Wildman–Crippen MR) is 103 cm³/mol. The number of thiocarbonyl (C=S) groups is 1. The molecule has 25 heavy (non-hydrogen) atoms. The average molecular weight is 398 g/mol. The lowest BCUT2D eigenvalue weighted by atomic mass is 10.2. The smallest absolute Gasteiger partial charge is 0.184 e. The van der Waals surface area contributed by atoms with Crippen LogP contribution in [0.15, 0.2) is 46.7 Å². The lowest BCUT2D eigenvalue weighted by molar-refractivity contribution is 0.262. The highest BCUT2D eigenvalue weighted by Crippen LogP contribution is 2.29. The molecule has 2 heterocycles. The van der Waals surface area contributed by atoms with Gasteiger partial charge in [-0.1, -0.05) is 23.2 Å². The standard InChI is InChI=1S/C17H17Cl2N3O2S/c18-14-5-3-11(8-15(14)19)16-6-4-13(24-16)10-21-22-17(25)20-9-12-2-1-7-23-12/h3-6,8-9,21H,1-2,7,10H2,(H2,20,22,25). The maximum absolute atomic E-state index is 6.03. The van der Waals surface area contributed by atoms with E-state index in [9.17, 15) is 0 Å². The van der Waals surface area contributed by atoms with Crippen molar-refractivity contribution in [2.45, 2.75) is 19.4 Å². The highest BCUT2D eigenvalue weighted by Gasteiger charge is 2.08. The summed E-state index contributed by atoms with van der Waals surface area (Å²) in [6, 6.07) is 9.15. The van der Waals surface area contributed by atoms with Gasteiger partial charge in [-0.15, -0.1) is 0 Å². The van der Waals surface area contributed by atoms with Crippen molar-refractivity contribution < 1.29 is 9.15 Å². The lowest BCUT2D eigenvalue weighted by Crippen LogP contribution is -2.41. The van der Waals surface area contributed by atoms with Crippen molar-refractivity contribution in [2.24, 2.45) is 0 Å². The molecule has 8 heteroatoms. The minimum absolute atomic E-state index is 0.458. The summed E-state index contributed by atoms with van der Waals surface area (Å²) in [6.45, 7) is 1.24. The number of rotatable bonds is 5. The van der Waals surface area contributed by atoms with Crippen LogP contribution in [-0.4, -0.2) is 11.7 Å². The average Bonchev–Trinajstić information content (AvgIpc) is 3.27. The molecule has 3 N–H and O–H groups in total. The minimum Gasteiger partial charge on any atom is -0.496 e. The van der Waals surface area contributed by atoms with E-state index < -0.39 is 0 Å². The van der Waals surface area contributed by atoms with Crippen molar-refractivity contribution in [3.05, 3.63) is 58.1 Å². The highest BCUT2D eigenvalue weighted by molar-refractivity contribution is 7.80. The van der Waals surface area contributed by atoms with Gasteiger partial charge in [-0.2, -0.15) is 0 Å². The quantitative estimate of drug-likeness (QED) is 0.514. The molecule has 0 atom stereocenters. The van der Waals surface area contributed by atoms with Crippen LogP contribution in [0, 0.1) is 0 Å².